The van der Waals surface area contributed by atoms with Crippen molar-refractivity contribution in [2.45, 2.75) is 116 Å². The van der Waals surface area contributed by atoms with Crippen LogP contribution in [-0.2, 0) is 14.5 Å². The molecule has 0 aromatic carbocycles. The Morgan fingerprint density at radius 2 is 1.81 bits per heavy atom. The smallest absolute Gasteiger partial charge is 0.210 e. The third kappa shape index (κ3) is 4.91. The van der Waals surface area contributed by atoms with Crippen LogP contribution >= 0.6 is 0 Å². The molecule has 3 heteroatoms. The van der Waals surface area contributed by atoms with Gasteiger partial charge in [-0.15, -0.1) is 6.58 Å². The molecule has 0 amide bonds. The van der Waals surface area contributed by atoms with Crippen LogP contribution in [0.2, 0.25) is 0 Å². The van der Waals surface area contributed by atoms with Gasteiger partial charge in [-0.05, 0) is 50.9 Å². The second-order valence-electron chi connectivity index (χ2n) is 8.62. The van der Waals surface area contributed by atoms with Gasteiger partial charge >= 0.3 is 0 Å². The first-order chi connectivity index (χ1) is 12.6. The van der Waals surface area contributed by atoms with Gasteiger partial charge in [0.05, 0.1) is 0 Å². The summed E-state index contributed by atoms with van der Waals surface area (Å²) in [7, 11) is 0. The van der Waals surface area contributed by atoms with Gasteiger partial charge in [-0.25, -0.2) is 0 Å². The van der Waals surface area contributed by atoms with E-state index in [0.29, 0.717) is 11.8 Å². The van der Waals surface area contributed by atoms with E-state index in [1.54, 1.807) is 0 Å². The van der Waals surface area contributed by atoms with E-state index in [9.17, 15) is 0 Å². The van der Waals surface area contributed by atoms with Gasteiger partial charge in [0.1, 0.15) is 0 Å². The fourth-order valence-electron chi connectivity index (χ4n) is 5.01. The minimum atomic E-state index is -0.570. The molecule has 4 atom stereocenters. The van der Waals surface area contributed by atoms with Gasteiger partial charge in [0.25, 0.3) is 0 Å². The Kier molecular flexibility index (Phi) is 8.63. The van der Waals surface area contributed by atoms with E-state index < -0.39 is 11.6 Å². The van der Waals surface area contributed by atoms with E-state index in [4.69, 9.17) is 14.5 Å². The topological polar surface area (TPSA) is 27.7 Å². The highest BCUT2D eigenvalue weighted by molar-refractivity contribution is 4.92. The molecule has 1 aliphatic carbocycles. The van der Waals surface area contributed by atoms with Crippen molar-refractivity contribution in [3.8, 4) is 0 Å². The van der Waals surface area contributed by atoms with Gasteiger partial charge in [0.2, 0.25) is 11.6 Å². The third-order valence-corrected chi connectivity index (χ3v) is 6.73. The zero-order valence-corrected chi connectivity index (χ0v) is 17.7. The molecule has 1 unspecified atom stereocenters. The molecule has 1 heterocycles. The first kappa shape index (κ1) is 21.9. The van der Waals surface area contributed by atoms with Gasteiger partial charge in [-0.2, -0.15) is 9.78 Å². The van der Waals surface area contributed by atoms with Crippen LogP contribution in [0.25, 0.3) is 0 Å². The van der Waals surface area contributed by atoms with Crippen molar-refractivity contribution in [3.63, 3.8) is 0 Å². The average Bonchev–Trinajstić information content (AvgIpc) is 2.89. The zero-order chi connectivity index (χ0) is 19.0. The van der Waals surface area contributed by atoms with Gasteiger partial charge in [-0.3, -0.25) is 0 Å². The van der Waals surface area contributed by atoms with Crippen LogP contribution in [0.3, 0.4) is 0 Å². The fraction of sp³-hybridized carbons (Fsp3) is 0.913. The summed E-state index contributed by atoms with van der Waals surface area (Å²) in [5.74, 6) is 0.437. The molecule has 152 valence electrons. The van der Waals surface area contributed by atoms with Crippen molar-refractivity contribution < 1.29 is 14.5 Å². The first-order valence-corrected chi connectivity index (χ1v) is 11.2. The maximum absolute atomic E-state index is 6.88. The summed E-state index contributed by atoms with van der Waals surface area (Å²) in [6.45, 7) is 12.9. The maximum atomic E-state index is 6.88. The molecular formula is C23H42O3. The van der Waals surface area contributed by atoms with Crippen LogP contribution in [0.5, 0.6) is 0 Å². The van der Waals surface area contributed by atoms with Gasteiger partial charge in [-0.1, -0.05) is 53.0 Å². The molecule has 0 aromatic heterocycles. The van der Waals surface area contributed by atoms with E-state index in [1.807, 2.05) is 6.08 Å². The maximum Gasteiger partial charge on any atom is 0.210 e. The van der Waals surface area contributed by atoms with Gasteiger partial charge in [0, 0.05) is 24.7 Å². The van der Waals surface area contributed by atoms with E-state index in [0.717, 1.165) is 50.9 Å². The zero-order valence-electron chi connectivity index (χ0n) is 17.7. The minimum Gasteiger partial charge on any atom is -0.312 e. The second kappa shape index (κ2) is 10.2. The standard InChI is InChI=1S/C23H42O3/c1-6-10-11-14-17-22(9-4)24-23(26-25-22,20(7-2)8-3)21-16-13-12-15-19(5)18-21/h6,19-21H,1,7-18H2,2-5H3/t19?,21-,22-,23-/m0/s1. The molecule has 0 aromatic rings. The Bertz CT molecular complexity index is 420. The number of hydrogen-bond acceptors (Lipinski definition) is 3. The van der Waals surface area contributed by atoms with Crippen LogP contribution in [0.15, 0.2) is 12.7 Å². The Balaban J connectivity index is 2.20. The van der Waals surface area contributed by atoms with E-state index in [1.165, 1.54) is 32.1 Å². The summed E-state index contributed by atoms with van der Waals surface area (Å²) in [6, 6.07) is 0. The second-order valence-corrected chi connectivity index (χ2v) is 8.62. The van der Waals surface area contributed by atoms with Crippen molar-refractivity contribution in [1.29, 1.82) is 0 Å². The van der Waals surface area contributed by atoms with Crippen LogP contribution in [0, 0.1) is 17.8 Å². The molecule has 0 bridgehead atoms. The number of unbranched alkanes of at least 4 members (excludes halogenated alkanes) is 2. The quantitative estimate of drug-likeness (QED) is 0.177. The van der Waals surface area contributed by atoms with Crippen molar-refractivity contribution in [2.24, 2.45) is 17.8 Å². The Hall–Kier alpha value is -0.380. The Morgan fingerprint density at radius 1 is 1.08 bits per heavy atom. The van der Waals surface area contributed by atoms with Crippen LogP contribution in [0.4, 0.5) is 0 Å². The normalized spacial score (nSPS) is 35.6. The number of ether oxygens (including phenoxy) is 1. The molecule has 0 N–H and O–H groups in total. The molecular weight excluding hydrogens is 324 g/mol. The van der Waals surface area contributed by atoms with Crippen molar-refractivity contribution in [3.05, 3.63) is 12.7 Å². The molecule has 3 nitrogen and oxygen atoms in total. The lowest BCUT2D eigenvalue weighted by Gasteiger charge is -2.41. The van der Waals surface area contributed by atoms with E-state index in [-0.39, 0.29) is 0 Å². The van der Waals surface area contributed by atoms with E-state index >= 15 is 0 Å². The largest absolute Gasteiger partial charge is 0.312 e. The SMILES string of the molecule is C=CCCCC[C@]1(CC)OO[C@@](C(CC)CC)([C@H]2CCCCC(C)C2)O1. The molecule has 2 aliphatic rings. The molecule has 2 fully saturated rings. The molecule has 0 spiro atoms. The number of allylic oxidation sites excluding steroid dienone is 1. The Morgan fingerprint density at radius 3 is 2.46 bits per heavy atom. The molecule has 1 saturated heterocycles. The lowest BCUT2D eigenvalue weighted by Crippen LogP contribution is -2.48. The lowest BCUT2D eigenvalue weighted by atomic mass is 9.78. The molecule has 0 radical (unpaired) electrons. The predicted octanol–water partition coefficient (Wildman–Crippen LogP) is 7.17. The first-order valence-electron chi connectivity index (χ1n) is 11.2. The highest BCUT2D eigenvalue weighted by Crippen LogP contribution is 2.52. The van der Waals surface area contributed by atoms with Gasteiger partial charge < -0.3 is 4.74 Å². The predicted molar refractivity (Wildman–Crippen MR) is 107 cm³/mol. The highest BCUT2D eigenvalue weighted by atomic mass is 17.3. The van der Waals surface area contributed by atoms with Crippen LogP contribution in [-0.4, -0.2) is 11.6 Å². The van der Waals surface area contributed by atoms with Crippen LogP contribution < -0.4 is 0 Å². The van der Waals surface area contributed by atoms with Crippen molar-refractivity contribution >= 4 is 0 Å². The monoisotopic (exact) mass is 366 g/mol. The van der Waals surface area contributed by atoms with Gasteiger partial charge in [0.15, 0.2) is 0 Å². The number of hydrogen-bond donors (Lipinski definition) is 0. The molecule has 2 rings (SSSR count). The highest BCUT2D eigenvalue weighted by Gasteiger charge is 2.58. The molecule has 1 saturated carbocycles. The Labute approximate surface area is 161 Å². The summed E-state index contributed by atoms with van der Waals surface area (Å²) in [4.78, 5) is 12.3. The summed E-state index contributed by atoms with van der Waals surface area (Å²) in [6.07, 6.45) is 15.5. The molecule has 26 heavy (non-hydrogen) atoms. The van der Waals surface area contributed by atoms with E-state index in [2.05, 4.69) is 34.3 Å². The molecule has 1 aliphatic heterocycles. The summed E-state index contributed by atoms with van der Waals surface area (Å²) < 4.78 is 6.88. The lowest BCUT2D eigenvalue weighted by molar-refractivity contribution is -0.372. The summed E-state index contributed by atoms with van der Waals surface area (Å²) in [5.41, 5.74) is 0. The third-order valence-electron chi connectivity index (χ3n) is 6.73. The summed E-state index contributed by atoms with van der Waals surface area (Å²) >= 11 is 0. The van der Waals surface area contributed by atoms with Crippen molar-refractivity contribution in [2.75, 3.05) is 0 Å². The average molecular weight is 367 g/mol. The number of rotatable bonds is 10. The minimum absolute atomic E-state index is 0.388. The summed E-state index contributed by atoms with van der Waals surface area (Å²) in [5, 5.41) is 0. The van der Waals surface area contributed by atoms with Crippen LogP contribution in [0.1, 0.15) is 105 Å². The fourth-order valence-corrected chi connectivity index (χ4v) is 5.01. The van der Waals surface area contributed by atoms with Crippen molar-refractivity contribution in [1.82, 2.24) is 0 Å².